The number of aliphatic carboxylic acids is 1. The molecule has 1 saturated heterocycles. The van der Waals surface area contributed by atoms with Crippen LogP contribution in [0.15, 0.2) is 24.3 Å². The van der Waals surface area contributed by atoms with E-state index in [2.05, 4.69) is 0 Å². The number of carbonyl (C=O) groups excluding carboxylic acids is 1. The third-order valence-corrected chi connectivity index (χ3v) is 4.17. The van der Waals surface area contributed by atoms with E-state index in [9.17, 15) is 14.7 Å². The van der Waals surface area contributed by atoms with Gasteiger partial charge in [0.1, 0.15) is 0 Å². The molecule has 0 aromatic heterocycles. The van der Waals surface area contributed by atoms with E-state index in [1.54, 1.807) is 35.9 Å². The molecule has 114 valence electrons. The van der Waals surface area contributed by atoms with Gasteiger partial charge in [-0.05, 0) is 31.0 Å². The van der Waals surface area contributed by atoms with Crippen molar-refractivity contribution < 1.29 is 14.7 Å². The maximum atomic E-state index is 12.4. The first-order chi connectivity index (χ1) is 9.82. The molecule has 1 unspecified atom stereocenters. The second-order valence-electron chi connectivity index (χ2n) is 5.80. The molecule has 0 spiro atoms. The van der Waals surface area contributed by atoms with Crippen molar-refractivity contribution in [2.45, 2.75) is 19.9 Å². The molecule has 21 heavy (non-hydrogen) atoms. The van der Waals surface area contributed by atoms with Gasteiger partial charge in [0.25, 0.3) is 0 Å². The molecule has 0 aliphatic carbocycles. The van der Waals surface area contributed by atoms with Crippen molar-refractivity contribution in [3.05, 3.63) is 34.9 Å². The van der Waals surface area contributed by atoms with Crippen molar-refractivity contribution >= 4 is 23.6 Å². The Kier molecular flexibility index (Phi) is 4.42. The number of likely N-dealkylation sites (tertiary alicyclic amines) is 1. The Labute approximate surface area is 129 Å². The van der Waals surface area contributed by atoms with Gasteiger partial charge in [-0.15, -0.1) is 0 Å². The summed E-state index contributed by atoms with van der Waals surface area (Å²) in [4.78, 5) is 26.8. The molecular weight excluding hydrogens is 292 g/mol. The molecule has 2 rings (SSSR count). The summed E-state index contributed by atoms with van der Waals surface area (Å²) >= 11 is 5.83. The lowest BCUT2D eigenvalue weighted by Crippen LogP contribution is -2.41. The smallest absolute Gasteiger partial charge is 0.320 e. The molecule has 1 aliphatic heterocycles. The third kappa shape index (κ3) is 3.47. The summed E-state index contributed by atoms with van der Waals surface area (Å²) in [6, 6.07) is 7.17. The lowest BCUT2D eigenvalue weighted by Gasteiger charge is -2.26. The fourth-order valence-electron chi connectivity index (χ4n) is 2.47. The maximum Gasteiger partial charge on any atom is 0.320 e. The Morgan fingerprint density at radius 1 is 1.38 bits per heavy atom. The Bertz CT molecular complexity index is 546. The minimum atomic E-state index is -0.849. The summed E-state index contributed by atoms with van der Waals surface area (Å²) in [7, 11) is 1.72. The van der Waals surface area contributed by atoms with Gasteiger partial charge in [-0.25, -0.2) is 4.79 Å². The molecule has 1 fully saturated rings. The zero-order valence-electron chi connectivity index (χ0n) is 12.2. The van der Waals surface area contributed by atoms with Crippen LogP contribution in [-0.4, -0.2) is 47.0 Å². The van der Waals surface area contributed by atoms with Gasteiger partial charge in [0.05, 0.1) is 5.41 Å². The number of carboxylic acid groups (broad SMARTS) is 1. The van der Waals surface area contributed by atoms with Crippen LogP contribution >= 0.6 is 11.6 Å². The summed E-state index contributed by atoms with van der Waals surface area (Å²) in [6.45, 7) is 2.89. The number of carboxylic acids is 1. The highest BCUT2D eigenvalue weighted by Crippen LogP contribution is 2.30. The monoisotopic (exact) mass is 310 g/mol. The second-order valence-corrected chi connectivity index (χ2v) is 6.24. The minimum absolute atomic E-state index is 0.144. The lowest BCUT2D eigenvalue weighted by atomic mass is 9.90. The van der Waals surface area contributed by atoms with Crippen LogP contribution in [0.3, 0.4) is 0 Å². The first-order valence-electron chi connectivity index (χ1n) is 6.80. The van der Waals surface area contributed by atoms with Crippen LogP contribution < -0.4 is 0 Å². The average molecular weight is 311 g/mol. The SMILES string of the molecule is CN(Cc1ccc(Cl)cc1)C(=O)N1CCC(C)(C(=O)O)C1. The summed E-state index contributed by atoms with van der Waals surface area (Å²) in [6.07, 6.45) is 0.489. The van der Waals surface area contributed by atoms with Crippen molar-refractivity contribution in [2.24, 2.45) is 5.41 Å². The van der Waals surface area contributed by atoms with Crippen molar-refractivity contribution in [3.8, 4) is 0 Å². The quantitative estimate of drug-likeness (QED) is 0.933. The van der Waals surface area contributed by atoms with E-state index >= 15 is 0 Å². The molecule has 0 bridgehead atoms. The molecule has 0 radical (unpaired) electrons. The van der Waals surface area contributed by atoms with Crippen LogP contribution in [0.25, 0.3) is 0 Å². The topological polar surface area (TPSA) is 60.9 Å². The van der Waals surface area contributed by atoms with Gasteiger partial charge in [0.2, 0.25) is 0 Å². The Hall–Kier alpha value is -1.75. The van der Waals surface area contributed by atoms with Crippen LogP contribution in [0, 0.1) is 5.41 Å². The highest BCUT2D eigenvalue weighted by molar-refractivity contribution is 6.30. The number of halogens is 1. The normalized spacial score (nSPS) is 21.4. The van der Waals surface area contributed by atoms with Crippen LogP contribution in [-0.2, 0) is 11.3 Å². The van der Waals surface area contributed by atoms with Crippen LogP contribution in [0.4, 0.5) is 4.79 Å². The number of benzene rings is 1. The molecule has 1 N–H and O–H groups in total. The third-order valence-electron chi connectivity index (χ3n) is 3.92. The average Bonchev–Trinajstić information content (AvgIpc) is 2.84. The summed E-state index contributed by atoms with van der Waals surface area (Å²) in [5.41, 5.74) is 0.145. The molecule has 2 amide bonds. The van der Waals surface area contributed by atoms with Crippen molar-refractivity contribution in [2.75, 3.05) is 20.1 Å². The number of rotatable bonds is 3. The van der Waals surface area contributed by atoms with E-state index in [4.69, 9.17) is 11.6 Å². The highest BCUT2D eigenvalue weighted by atomic mass is 35.5. The number of urea groups is 1. The summed E-state index contributed by atoms with van der Waals surface area (Å²) in [5, 5.41) is 9.86. The zero-order valence-corrected chi connectivity index (χ0v) is 12.9. The predicted molar refractivity (Wildman–Crippen MR) is 80.2 cm³/mol. The van der Waals surface area contributed by atoms with Crippen molar-refractivity contribution in [3.63, 3.8) is 0 Å². The van der Waals surface area contributed by atoms with Gasteiger partial charge in [-0.3, -0.25) is 4.79 Å². The number of hydrogen-bond donors (Lipinski definition) is 1. The van der Waals surface area contributed by atoms with E-state index in [1.165, 1.54) is 0 Å². The molecule has 1 aromatic rings. The number of amides is 2. The fraction of sp³-hybridized carbons (Fsp3) is 0.467. The Morgan fingerprint density at radius 3 is 2.52 bits per heavy atom. The molecule has 0 saturated carbocycles. The van der Waals surface area contributed by atoms with E-state index in [0.717, 1.165) is 5.56 Å². The van der Waals surface area contributed by atoms with E-state index in [1.807, 2.05) is 12.1 Å². The molecule has 5 nitrogen and oxygen atoms in total. The zero-order chi connectivity index (χ0) is 15.6. The van der Waals surface area contributed by atoms with E-state index in [0.29, 0.717) is 24.5 Å². The number of carbonyl (C=O) groups is 2. The van der Waals surface area contributed by atoms with Crippen molar-refractivity contribution in [1.29, 1.82) is 0 Å². The van der Waals surface area contributed by atoms with Gasteiger partial charge in [-0.1, -0.05) is 23.7 Å². The Morgan fingerprint density at radius 2 is 2.00 bits per heavy atom. The fourth-order valence-corrected chi connectivity index (χ4v) is 2.60. The standard InChI is InChI=1S/C15H19ClN2O3/c1-15(13(19)20)7-8-18(10-15)14(21)17(2)9-11-3-5-12(16)6-4-11/h3-6H,7-10H2,1-2H3,(H,19,20). The maximum absolute atomic E-state index is 12.4. The molecule has 6 heteroatoms. The first-order valence-corrected chi connectivity index (χ1v) is 7.17. The Balaban J connectivity index is 1.97. The first kappa shape index (κ1) is 15.6. The molecular formula is C15H19ClN2O3. The molecule has 1 heterocycles. The summed E-state index contributed by atoms with van der Waals surface area (Å²) < 4.78 is 0. The van der Waals surface area contributed by atoms with E-state index < -0.39 is 11.4 Å². The van der Waals surface area contributed by atoms with Gasteiger partial charge in [0.15, 0.2) is 0 Å². The molecule has 1 aromatic carbocycles. The number of hydrogen-bond acceptors (Lipinski definition) is 2. The molecule has 1 aliphatic rings. The predicted octanol–water partition coefficient (Wildman–Crippen LogP) is 2.69. The van der Waals surface area contributed by atoms with Crippen LogP contribution in [0.5, 0.6) is 0 Å². The van der Waals surface area contributed by atoms with Crippen LogP contribution in [0.2, 0.25) is 5.02 Å². The van der Waals surface area contributed by atoms with Crippen LogP contribution in [0.1, 0.15) is 18.9 Å². The highest BCUT2D eigenvalue weighted by Gasteiger charge is 2.42. The van der Waals surface area contributed by atoms with Gasteiger partial charge in [0, 0.05) is 31.7 Å². The molecule has 1 atom stereocenters. The minimum Gasteiger partial charge on any atom is -0.481 e. The van der Waals surface area contributed by atoms with Crippen molar-refractivity contribution in [1.82, 2.24) is 9.80 Å². The van der Waals surface area contributed by atoms with Gasteiger partial charge in [-0.2, -0.15) is 0 Å². The summed E-state index contributed by atoms with van der Waals surface area (Å²) in [5.74, 6) is -0.849. The lowest BCUT2D eigenvalue weighted by molar-refractivity contribution is -0.147. The second kappa shape index (κ2) is 5.93. The number of nitrogens with zero attached hydrogens (tertiary/aromatic N) is 2. The van der Waals surface area contributed by atoms with Gasteiger partial charge < -0.3 is 14.9 Å². The van der Waals surface area contributed by atoms with E-state index in [-0.39, 0.29) is 12.6 Å². The van der Waals surface area contributed by atoms with Gasteiger partial charge >= 0.3 is 12.0 Å². The largest absolute Gasteiger partial charge is 0.481 e.